The molecule has 2 aliphatic rings. The van der Waals surface area contributed by atoms with Crippen LogP contribution in [-0.4, -0.2) is 50.3 Å². The predicted molar refractivity (Wildman–Crippen MR) is 111 cm³/mol. The molecule has 3 aromatic heterocycles. The van der Waals surface area contributed by atoms with E-state index in [1.165, 1.54) is 21.5 Å². The zero-order valence-corrected chi connectivity index (χ0v) is 17.0. The molecule has 0 bridgehead atoms. The number of carbonyl (C=O) groups is 1. The average Bonchev–Trinajstić information content (AvgIpc) is 3.33. The SMILES string of the molecule is CNc1cc(Nc2cccn(C3C[C@H]3F)c2=O)nc2c(C(=O)NC3CCC3(F)F)cnn12. The Morgan fingerprint density at radius 1 is 1.34 bits per heavy atom. The molecule has 0 aromatic carbocycles. The summed E-state index contributed by atoms with van der Waals surface area (Å²) in [6, 6.07) is 3.06. The predicted octanol–water partition coefficient (Wildman–Crippen LogP) is 2.49. The normalized spacial score (nSPS) is 23.4. The van der Waals surface area contributed by atoms with Crippen LogP contribution in [0, 0.1) is 0 Å². The summed E-state index contributed by atoms with van der Waals surface area (Å²) < 4.78 is 43.3. The number of amides is 1. The van der Waals surface area contributed by atoms with E-state index in [0.717, 1.165) is 0 Å². The summed E-state index contributed by atoms with van der Waals surface area (Å²) in [6.45, 7) is 0. The quantitative estimate of drug-likeness (QED) is 0.536. The smallest absolute Gasteiger partial charge is 0.274 e. The van der Waals surface area contributed by atoms with Crippen molar-refractivity contribution in [2.75, 3.05) is 17.7 Å². The number of anilines is 3. The highest BCUT2D eigenvalue weighted by Gasteiger charge is 2.49. The summed E-state index contributed by atoms with van der Waals surface area (Å²) in [5, 5.41) is 12.3. The number of nitrogens with zero attached hydrogens (tertiary/aromatic N) is 4. The van der Waals surface area contributed by atoms with Crippen molar-refractivity contribution < 1.29 is 18.0 Å². The molecule has 9 nitrogen and oxygen atoms in total. The highest BCUT2D eigenvalue weighted by Crippen LogP contribution is 2.38. The molecule has 2 aliphatic carbocycles. The summed E-state index contributed by atoms with van der Waals surface area (Å²) in [5.74, 6) is -2.95. The van der Waals surface area contributed by atoms with Crippen molar-refractivity contribution in [3.63, 3.8) is 0 Å². The number of halogens is 3. The van der Waals surface area contributed by atoms with Gasteiger partial charge in [0.15, 0.2) is 5.65 Å². The van der Waals surface area contributed by atoms with Crippen molar-refractivity contribution in [2.45, 2.75) is 43.4 Å². The van der Waals surface area contributed by atoms with Gasteiger partial charge in [0, 0.05) is 32.2 Å². The maximum Gasteiger partial charge on any atom is 0.274 e. The molecule has 2 fully saturated rings. The fourth-order valence-electron chi connectivity index (χ4n) is 3.73. The highest BCUT2D eigenvalue weighted by molar-refractivity contribution is 6.00. The van der Waals surface area contributed by atoms with Gasteiger partial charge in [0.1, 0.15) is 29.1 Å². The second-order valence-electron chi connectivity index (χ2n) is 7.97. The second-order valence-corrected chi connectivity index (χ2v) is 7.97. The summed E-state index contributed by atoms with van der Waals surface area (Å²) in [5.41, 5.74) is -0.0625. The van der Waals surface area contributed by atoms with E-state index in [9.17, 15) is 22.8 Å². The molecular weight excluding hydrogens is 427 g/mol. The molecule has 168 valence electrons. The molecule has 2 saturated carbocycles. The summed E-state index contributed by atoms with van der Waals surface area (Å²) in [4.78, 5) is 29.7. The van der Waals surface area contributed by atoms with Crippen molar-refractivity contribution in [1.29, 1.82) is 0 Å². The van der Waals surface area contributed by atoms with Crippen LogP contribution < -0.4 is 21.5 Å². The van der Waals surface area contributed by atoms with Crippen molar-refractivity contribution in [1.82, 2.24) is 24.5 Å². The highest BCUT2D eigenvalue weighted by atomic mass is 19.3. The van der Waals surface area contributed by atoms with Crippen LogP contribution in [0.3, 0.4) is 0 Å². The van der Waals surface area contributed by atoms with Gasteiger partial charge < -0.3 is 20.5 Å². The van der Waals surface area contributed by atoms with Crippen LogP contribution in [0.4, 0.5) is 30.5 Å². The lowest BCUT2D eigenvalue weighted by atomic mass is 9.88. The largest absolute Gasteiger partial charge is 0.373 e. The molecule has 0 aliphatic heterocycles. The first-order valence-corrected chi connectivity index (χ1v) is 10.2. The zero-order valence-electron chi connectivity index (χ0n) is 17.0. The van der Waals surface area contributed by atoms with Gasteiger partial charge in [-0.1, -0.05) is 0 Å². The minimum Gasteiger partial charge on any atom is -0.373 e. The van der Waals surface area contributed by atoms with E-state index >= 15 is 0 Å². The maximum atomic E-state index is 13.6. The molecule has 0 saturated heterocycles. The van der Waals surface area contributed by atoms with E-state index in [4.69, 9.17) is 0 Å². The molecule has 32 heavy (non-hydrogen) atoms. The van der Waals surface area contributed by atoms with E-state index in [1.54, 1.807) is 25.2 Å². The van der Waals surface area contributed by atoms with Crippen LogP contribution in [0.5, 0.6) is 0 Å². The third kappa shape index (κ3) is 3.35. The Morgan fingerprint density at radius 2 is 2.12 bits per heavy atom. The third-order valence-electron chi connectivity index (χ3n) is 5.83. The van der Waals surface area contributed by atoms with Gasteiger partial charge in [-0.25, -0.2) is 18.2 Å². The lowest BCUT2D eigenvalue weighted by molar-refractivity contribution is -0.102. The van der Waals surface area contributed by atoms with Crippen LogP contribution in [-0.2, 0) is 0 Å². The number of carbonyl (C=O) groups excluding carboxylic acids is 1. The van der Waals surface area contributed by atoms with Crippen molar-refractivity contribution in [3.05, 3.63) is 46.5 Å². The first-order chi connectivity index (χ1) is 15.3. The number of aromatic nitrogens is 4. The monoisotopic (exact) mass is 447 g/mol. The Balaban J connectivity index is 1.48. The van der Waals surface area contributed by atoms with Crippen LogP contribution in [0.25, 0.3) is 5.65 Å². The summed E-state index contributed by atoms with van der Waals surface area (Å²) in [6.07, 6.45) is 1.98. The summed E-state index contributed by atoms with van der Waals surface area (Å²) in [7, 11) is 1.64. The van der Waals surface area contributed by atoms with Gasteiger partial charge in [-0.3, -0.25) is 9.59 Å². The first kappa shape index (κ1) is 20.3. The molecule has 3 aromatic rings. The second kappa shape index (κ2) is 7.24. The van der Waals surface area contributed by atoms with E-state index in [2.05, 4.69) is 26.0 Å². The number of hydrogen-bond acceptors (Lipinski definition) is 6. The van der Waals surface area contributed by atoms with Gasteiger partial charge in [0.25, 0.3) is 17.4 Å². The number of nitrogens with one attached hydrogen (secondary N) is 3. The number of fused-ring (bicyclic) bond motifs is 1. The van der Waals surface area contributed by atoms with E-state index in [1.807, 2.05) is 0 Å². The molecule has 3 atom stereocenters. The van der Waals surface area contributed by atoms with Crippen LogP contribution in [0.2, 0.25) is 0 Å². The molecule has 0 spiro atoms. The van der Waals surface area contributed by atoms with Gasteiger partial charge in [-0.15, -0.1) is 0 Å². The van der Waals surface area contributed by atoms with Gasteiger partial charge in [0.05, 0.1) is 18.3 Å². The molecule has 3 N–H and O–H groups in total. The average molecular weight is 447 g/mol. The summed E-state index contributed by atoms with van der Waals surface area (Å²) >= 11 is 0. The number of rotatable bonds is 6. The zero-order chi connectivity index (χ0) is 22.6. The van der Waals surface area contributed by atoms with Gasteiger partial charge >= 0.3 is 0 Å². The van der Waals surface area contributed by atoms with Crippen LogP contribution >= 0.6 is 0 Å². The number of pyridine rings is 1. The fourth-order valence-corrected chi connectivity index (χ4v) is 3.73. The minimum absolute atomic E-state index is 0.0246. The van der Waals surface area contributed by atoms with Gasteiger partial charge in [-0.05, 0) is 18.6 Å². The third-order valence-corrected chi connectivity index (χ3v) is 5.83. The maximum absolute atomic E-state index is 13.6. The van der Waals surface area contributed by atoms with Gasteiger partial charge in [0.2, 0.25) is 0 Å². The van der Waals surface area contributed by atoms with Crippen LogP contribution in [0.15, 0.2) is 35.4 Å². The van der Waals surface area contributed by atoms with Crippen molar-refractivity contribution in [2.24, 2.45) is 0 Å². The standard InChI is InChI=1S/C20H20F3N7O2/c1-24-16-8-15(26-12-3-2-6-29(19(12)32)13-7-11(13)21)28-17-10(9-25-30(16)17)18(31)27-14-4-5-20(14,22)23/h2-3,6,8-9,11,13-14,24H,4-5,7H2,1H3,(H,26,28)(H,27,31)/t11-,13?,14?/m1/s1. The van der Waals surface area contributed by atoms with Crippen molar-refractivity contribution >= 4 is 28.9 Å². The Kier molecular flexibility index (Phi) is 4.60. The Hall–Kier alpha value is -3.57. The molecule has 3 heterocycles. The molecule has 0 radical (unpaired) electrons. The van der Waals surface area contributed by atoms with E-state index in [-0.39, 0.29) is 35.6 Å². The van der Waals surface area contributed by atoms with E-state index in [0.29, 0.717) is 12.2 Å². The van der Waals surface area contributed by atoms with E-state index < -0.39 is 35.6 Å². The fraction of sp³-hybridized carbons (Fsp3) is 0.400. The Morgan fingerprint density at radius 3 is 2.75 bits per heavy atom. The molecule has 5 rings (SSSR count). The number of hydrogen-bond donors (Lipinski definition) is 3. The molecule has 2 unspecified atom stereocenters. The Labute approximate surface area is 179 Å². The topological polar surface area (TPSA) is 105 Å². The molecular formula is C20H20F3N7O2. The van der Waals surface area contributed by atoms with Crippen LogP contribution in [0.1, 0.15) is 35.7 Å². The first-order valence-electron chi connectivity index (χ1n) is 10.2. The molecule has 1 amide bonds. The lowest BCUT2D eigenvalue weighted by Gasteiger charge is -2.36. The lowest BCUT2D eigenvalue weighted by Crippen LogP contribution is -2.55. The van der Waals surface area contributed by atoms with Gasteiger partial charge in [-0.2, -0.15) is 9.61 Å². The number of alkyl halides is 3. The minimum atomic E-state index is -2.93. The Bertz CT molecular complexity index is 1270. The van der Waals surface area contributed by atoms with Crippen molar-refractivity contribution in [3.8, 4) is 0 Å². The molecule has 12 heteroatoms.